The van der Waals surface area contributed by atoms with E-state index in [0.29, 0.717) is 6.20 Å². The fourth-order valence-corrected chi connectivity index (χ4v) is 3.59. The second-order valence-corrected chi connectivity index (χ2v) is 8.33. The number of amides is 1. The van der Waals surface area contributed by atoms with Crippen molar-refractivity contribution in [3.63, 3.8) is 0 Å². The monoisotopic (exact) mass is 486 g/mol. The zero-order valence-corrected chi connectivity index (χ0v) is 17.8. The van der Waals surface area contributed by atoms with Crippen LogP contribution in [-0.4, -0.2) is 35.7 Å². The third-order valence-corrected chi connectivity index (χ3v) is 5.90. The molecule has 0 bridgehead atoms. The molecule has 1 aliphatic heterocycles. The molecule has 182 valence electrons. The minimum atomic E-state index is -4.83. The lowest BCUT2D eigenvalue weighted by Crippen LogP contribution is -2.57. The highest BCUT2D eigenvalue weighted by atomic mass is 19.4. The van der Waals surface area contributed by atoms with Gasteiger partial charge < -0.3 is 15.4 Å². The molecule has 34 heavy (non-hydrogen) atoms. The maximum absolute atomic E-state index is 14.9. The largest absolute Gasteiger partial charge is 0.462 e. The Morgan fingerprint density at radius 3 is 2.59 bits per heavy atom. The number of hydrogen-bond donors (Lipinski definition) is 2. The molecule has 1 saturated heterocycles. The van der Waals surface area contributed by atoms with Crippen molar-refractivity contribution in [1.82, 2.24) is 10.3 Å². The lowest BCUT2D eigenvalue weighted by atomic mass is 9.86. The summed E-state index contributed by atoms with van der Waals surface area (Å²) < 4.78 is 87.1. The van der Waals surface area contributed by atoms with Crippen LogP contribution in [0.3, 0.4) is 0 Å². The van der Waals surface area contributed by atoms with Gasteiger partial charge in [-0.1, -0.05) is 0 Å². The number of anilines is 1. The molecule has 0 spiro atoms. The summed E-state index contributed by atoms with van der Waals surface area (Å²) in [7, 11) is 0. The Balaban J connectivity index is 1.58. The van der Waals surface area contributed by atoms with E-state index in [4.69, 9.17) is 4.74 Å². The van der Waals surface area contributed by atoms with Crippen LogP contribution in [0.1, 0.15) is 47.8 Å². The van der Waals surface area contributed by atoms with Crippen LogP contribution in [0.5, 0.6) is 0 Å². The molecule has 2 heterocycles. The molecule has 4 rings (SSSR count). The molecule has 6 nitrogen and oxygen atoms in total. The Morgan fingerprint density at radius 2 is 1.97 bits per heavy atom. The lowest BCUT2D eigenvalue weighted by Gasteiger charge is -2.40. The van der Waals surface area contributed by atoms with Gasteiger partial charge in [-0.15, -0.1) is 0 Å². The van der Waals surface area contributed by atoms with Crippen molar-refractivity contribution in [2.45, 2.75) is 50.1 Å². The summed E-state index contributed by atoms with van der Waals surface area (Å²) in [6.07, 6.45) is -3.41. The highest BCUT2D eigenvalue weighted by Crippen LogP contribution is 2.35. The second-order valence-electron chi connectivity index (χ2n) is 8.33. The van der Waals surface area contributed by atoms with E-state index >= 15 is 0 Å². The van der Waals surface area contributed by atoms with Gasteiger partial charge in [-0.25, -0.2) is 23.1 Å². The highest BCUT2D eigenvalue weighted by molar-refractivity contribution is 6.03. The molecule has 2 aromatic rings. The van der Waals surface area contributed by atoms with Crippen LogP contribution < -0.4 is 10.6 Å². The van der Waals surface area contributed by atoms with E-state index in [1.54, 1.807) is 0 Å². The molecular weight excluding hydrogens is 466 g/mol. The maximum Gasteiger partial charge on any atom is 0.417 e. The van der Waals surface area contributed by atoms with Crippen molar-refractivity contribution < 1.29 is 35.9 Å². The van der Waals surface area contributed by atoms with Gasteiger partial charge in [-0.2, -0.15) is 13.2 Å². The number of amidine groups is 1. The van der Waals surface area contributed by atoms with Crippen molar-refractivity contribution in [3.8, 4) is 0 Å². The fourth-order valence-electron chi connectivity index (χ4n) is 3.59. The first-order chi connectivity index (χ1) is 16.0. The Hall–Kier alpha value is -3.31. The summed E-state index contributed by atoms with van der Waals surface area (Å²) in [5, 5.41) is 5.06. The molecular formula is C22H20F6N4O2. The first kappa shape index (κ1) is 23.8. The van der Waals surface area contributed by atoms with E-state index in [1.807, 2.05) is 0 Å². The van der Waals surface area contributed by atoms with E-state index in [1.165, 1.54) is 6.92 Å². The summed E-state index contributed by atoms with van der Waals surface area (Å²) in [5.41, 5.74) is -4.02. The predicted octanol–water partition coefficient (Wildman–Crippen LogP) is 4.71. The third kappa shape index (κ3) is 4.66. The number of alkyl halides is 4. The number of hydrogen-bond acceptors (Lipinski definition) is 4. The third-order valence-electron chi connectivity index (χ3n) is 5.90. The number of pyridine rings is 1. The van der Waals surface area contributed by atoms with Gasteiger partial charge in [0, 0.05) is 17.4 Å². The van der Waals surface area contributed by atoms with Gasteiger partial charge in [0.15, 0.2) is 17.7 Å². The molecule has 2 aliphatic rings. The fraction of sp³-hybridized carbons (Fsp3) is 0.409. The molecule has 1 aromatic carbocycles. The minimum Gasteiger partial charge on any atom is -0.462 e. The number of carbonyl (C=O) groups excluding carboxylic acids is 1. The van der Waals surface area contributed by atoms with Gasteiger partial charge in [0.25, 0.3) is 11.9 Å². The Labute approximate surface area is 190 Å². The number of carbonyl (C=O) groups is 1. The number of nitrogens with one attached hydrogen (secondary N) is 2. The van der Waals surface area contributed by atoms with Gasteiger partial charge in [-0.05, 0) is 50.5 Å². The number of nitrogens with zero attached hydrogens (tertiary/aromatic N) is 2. The van der Waals surface area contributed by atoms with E-state index in [-0.39, 0.29) is 36.0 Å². The second kappa shape index (κ2) is 8.80. The zero-order valence-electron chi connectivity index (χ0n) is 17.8. The molecule has 1 amide bonds. The van der Waals surface area contributed by atoms with Gasteiger partial charge in [-0.3, -0.25) is 4.79 Å². The summed E-state index contributed by atoms with van der Waals surface area (Å²) in [6.45, 7) is 1.04. The Kier molecular flexibility index (Phi) is 6.17. The number of rotatable bonds is 4. The molecule has 0 unspecified atom stereocenters. The first-order valence-corrected chi connectivity index (χ1v) is 10.4. The van der Waals surface area contributed by atoms with Crippen LogP contribution >= 0.6 is 0 Å². The van der Waals surface area contributed by atoms with Crippen LogP contribution in [0.2, 0.25) is 0 Å². The SMILES string of the molecule is C[C@]1(c2cc(NC(=O)c3ncc(C(F)(F)F)cc3F)ccc2F)NC(=NC2CCC2)OC[C@@H]1F. The van der Waals surface area contributed by atoms with Crippen molar-refractivity contribution in [2.75, 3.05) is 11.9 Å². The lowest BCUT2D eigenvalue weighted by molar-refractivity contribution is -0.138. The summed E-state index contributed by atoms with van der Waals surface area (Å²) in [6, 6.07) is 3.58. The predicted molar refractivity (Wildman–Crippen MR) is 110 cm³/mol. The Morgan fingerprint density at radius 1 is 1.24 bits per heavy atom. The molecule has 2 N–H and O–H groups in total. The van der Waals surface area contributed by atoms with Gasteiger partial charge in [0.2, 0.25) is 0 Å². The molecule has 1 aromatic heterocycles. The number of halogens is 6. The maximum atomic E-state index is 14.9. The molecule has 1 aliphatic carbocycles. The van der Waals surface area contributed by atoms with Gasteiger partial charge >= 0.3 is 6.18 Å². The van der Waals surface area contributed by atoms with Crippen LogP contribution in [0.4, 0.5) is 32.0 Å². The topological polar surface area (TPSA) is 75.6 Å². The van der Waals surface area contributed by atoms with Crippen molar-refractivity contribution in [1.29, 1.82) is 0 Å². The van der Waals surface area contributed by atoms with E-state index in [2.05, 4.69) is 20.6 Å². The molecule has 0 radical (unpaired) electrons. The standard InChI is InChI=1S/C22H20F6N4O2/c1-21(17(25)10-34-20(32-21)31-12-3-2-4-12)14-8-13(5-6-15(14)23)30-19(33)18-16(24)7-11(9-29-18)22(26,27)28/h5-9,12,17H,2-4,10H2,1H3,(H,30,33)(H,31,32)/t17-,21+/m0/s1. The average molecular weight is 486 g/mol. The van der Waals surface area contributed by atoms with Crippen LogP contribution in [0.15, 0.2) is 35.5 Å². The number of aromatic nitrogens is 1. The summed E-state index contributed by atoms with van der Waals surface area (Å²) in [5.74, 6) is -3.41. The average Bonchev–Trinajstić information content (AvgIpc) is 2.73. The Bertz CT molecular complexity index is 1130. The molecule has 2 atom stereocenters. The molecule has 12 heteroatoms. The minimum absolute atomic E-state index is 0.0401. The van der Waals surface area contributed by atoms with Gasteiger partial charge in [0.05, 0.1) is 11.6 Å². The van der Waals surface area contributed by atoms with Crippen molar-refractivity contribution in [3.05, 3.63) is 58.9 Å². The highest BCUT2D eigenvalue weighted by Gasteiger charge is 2.44. The zero-order chi connectivity index (χ0) is 24.7. The normalized spacial score (nSPS) is 24.2. The van der Waals surface area contributed by atoms with E-state index < -0.39 is 46.7 Å². The molecule has 2 fully saturated rings. The van der Waals surface area contributed by atoms with E-state index in [0.717, 1.165) is 37.5 Å². The first-order valence-electron chi connectivity index (χ1n) is 10.4. The van der Waals surface area contributed by atoms with Gasteiger partial charge in [0.1, 0.15) is 18.0 Å². The van der Waals surface area contributed by atoms with E-state index in [9.17, 15) is 31.1 Å². The van der Waals surface area contributed by atoms with Crippen molar-refractivity contribution >= 4 is 17.6 Å². The van der Waals surface area contributed by atoms with Crippen molar-refractivity contribution in [2.24, 2.45) is 4.99 Å². The number of ether oxygens (including phenoxy) is 1. The van der Waals surface area contributed by atoms with Crippen LogP contribution in [-0.2, 0) is 16.5 Å². The number of aliphatic imine (C=N–C) groups is 1. The number of benzene rings is 1. The molecule has 1 saturated carbocycles. The summed E-state index contributed by atoms with van der Waals surface area (Å²) in [4.78, 5) is 20.0. The smallest absolute Gasteiger partial charge is 0.417 e. The van der Waals surface area contributed by atoms with Crippen LogP contribution in [0.25, 0.3) is 0 Å². The van der Waals surface area contributed by atoms with Crippen LogP contribution in [0, 0.1) is 11.6 Å². The summed E-state index contributed by atoms with van der Waals surface area (Å²) >= 11 is 0. The quantitative estimate of drug-likeness (QED) is 0.614.